The van der Waals surface area contributed by atoms with Crippen LogP contribution in [0.15, 0.2) is 12.3 Å². The largest absolute Gasteiger partial charge is 0.390 e. The summed E-state index contributed by atoms with van der Waals surface area (Å²) in [7, 11) is 0. The summed E-state index contributed by atoms with van der Waals surface area (Å²) in [5.74, 6) is 0.242. The molecule has 1 heterocycles. The number of hydrogen-bond donors (Lipinski definition) is 3. The predicted molar refractivity (Wildman–Crippen MR) is 51.4 cm³/mol. The summed E-state index contributed by atoms with van der Waals surface area (Å²) in [4.78, 5) is 7.90. The zero-order valence-corrected chi connectivity index (χ0v) is 8.09. The lowest BCUT2D eigenvalue weighted by atomic mass is 10.1. The molecule has 0 radical (unpaired) electrons. The van der Waals surface area contributed by atoms with Crippen LogP contribution in [0, 0.1) is 6.92 Å². The molecule has 0 aliphatic carbocycles. The molecule has 2 atom stereocenters. The van der Waals surface area contributed by atoms with Gasteiger partial charge in [-0.3, -0.25) is 0 Å². The first-order chi connectivity index (χ1) is 6.65. The normalized spacial score (nSPS) is 15.1. The Morgan fingerprint density at radius 2 is 2.21 bits per heavy atom. The van der Waals surface area contributed by atoms with Crippen LogP contribution in [0.25, 0.3) is 0 Å². The van der Waals surface area contributed by atoms with E-state index in [1.807, 2.05) is 0 Å². The van der Waals surface area contributed by atoms with Crippen molar-refractivity contribution in [1.29, 1.82) is 0 Å². The quantitative estimate of drug-likeness (QED) is 0.606. The Hall–Kier alpha value is -1.04. The van der Waals surface area contributed by atoms with Crippen LogP contribution in [-0.4, -0.2) is 32.8 Å². The third-order valence-corrected chi connectivity index (χ3v) is 1.90. The minimum atomic E-state index is -1.06. The number of aliphatic hydroxyl groups excluding tert-OH is 2. The number of hydrogen-bond acceptors (Lipinski definition) is 5. The number of nitrogens with zero attached hydrogens (tertiary/aromatic N) is 2. The van der Waals surface area contributed by atoms with E-state index >= 15 is 0 Å². The monoisotopic (exact) mass is 197 g/mol. The van der Waals surface area contributed by atoms with Gasteiger partial charge in [0.05, 0.1) is 6.10 Å². The van der Waals surface area contributed by atoms with Gasteiger partial charge in [0.25, 0.3) is 0 Å². The van der Waals surface area contributed by atoms with Crippen molar-refractivity contribution < 1.29 is 10.2 Å². The summed E-state index contributed by atoms with van der Waals surface area (Å²) in [6.07, 6.45) is -0.0746. The Labute approximate surface area is 82.6 Å². The van der Waals surface area contributed by atoms with Gasteiger partial charge in [0.1, 0.15) is 6.10 Å². The molecule has 0 spiro atoms. The molecule has 2 unspecified atom stereocenters. The van der Waals surface area contributed by atoms with E-state index in [4.69, 9.17) is 5.73 Å². The number of aryl methyl sites for hydroxylation is 1. The van der Waals surface area contributed by atoms with Crippen LogP contribution < -0.4 is 5.73 Å². The van der Waals surface area contributed by atoms with E-state index in [2.05, 4.69) is 9.97 Å². The molecule has 0 saturated carbocycles. The summed E-state index contributed by atoms with van der Waals surface area (Å²) >= 11 is 0. The van der Waals surface area contributed by atoms with Crippen molar-refractivity contribution in [2.45, 2.75) is 25.6 Å². The molecule has 0 aromatic carbocycles. The molecule has 0 aliphatic heterocycles. The van der Waals surface area contributed by atoms with Gasteiger partial charge in [-0.15, -0.1) is 0 Å². The van der Waals surface area contributed by atoms with Gasteiger partial charge in [-0.2, -0.15) is 0 Å². The molecule has 5 heteroatoms. The topological polar surface area (TPSA) is 92.3 Å². The van der Waals surface area contributed by atoms with Crippen molar-refractivity contribution in [3.05, 3.63) is 23.8 Å². The maximum atomic E-state index is 9.61. The molecule has 5 nitrogen and oxygen atoms in total. The van der Waals surface area contributed by atoms with E-state index in [0.29, 0.717) is 13.0 Å². The zero-order valence-electron chi connectivity index (χ0n) is 8.09. The van der Waals surface area contributed by atoms with Gasteiger partial charge in [0.15, 0.2) is 5.82 Å². The lowest BCUT2D eigenvalue weighted by Crippen LogP contribution is -2.23. The minimum Gasteiger partial charge on any atom is -0.390 e. The van der Waals surface area contributed by atoms with Gasteiger partial charge in [-0.1, -0.05) is 0 Å². The summed E-state index contributed by atoms with van der Waals surface area (Å²) < 4.78 is 0. The van der Waals surface area contributed by atoms with Gasteiger partial charge in [-0.25, -0.2) is 9.97 Å². The average Bonchev–Trinajstić information content (AvgIpc) is 2.17. The SMILES string of the molecule is Cc1ccnc(C(O)C(O)CCN)n1. The fraction of sp³-hybridized carbons (Fsp3) is 0.556. The summed E-state index contributed by atoms with van der Waals surface area (Å²) in [5, 5.41) is 19.1. The van der Waals surface area contributed by atoms with Crippen LogP contribution >= 0.6 is 0 Å². The third kappa shape index (κ3) is 2.73. The van der Waals surface area contributed by atoms with Gasteiger partial charge in [-0.05, 0) is 26.0 Å². The number of nitrogens with two attached hydrogens (primary N) is 1. The second-order valence-corrected chi connectivity index (χ2v) is 3.15. The van der Waals surface area contributed by atoms with Crippen molar-refractivity contribution >= 4 is 0 Å². The van der Waals surface area contributed by atoms with Crippen LogP contribution in [0.2, 0.25) is 0 Å². The lowest BCUT2D eigenvalue weighted by molar-refractivity contribution is 0.00965. The predicted octanol–water partition coefficient (Wildman–Crippen LogP) is -0.472. The van der Waals surface area contributed by atoms with Gasteiger partial charge < -0.3 is 15.9 Å². The molecule has 1 aromatic rings. The van der Waals surface area contributed by atoms with Gasteiger partial charge in [0.2, 0.25) is 0 Å². The lowest BCUT2D eigenvalue weighted by Gasteiger charge is -2.15. The van der Waals surface area contributed by atoms with E-state index in [1.54, 1.807) is 19.2 Å². The molecule has 4 N–H and O–H groups in total. The first kappa shape index (κ1) is 11.0. The highest BCUT2D eigenvalue weighted by atomic mass is 16.3. The molecule has 0 aliphatic rings. The van der Waals surface area contributed by atoms with Crippen molar-refractivity contribution in [1.82, 2.24) is 9.97 Å². The highest BCUT2D eigenvalue weighted by Gasteiger charge is 2.19. The molecule has 1 aromatic heterocycles. The summed E-state index contributed by atoms with van der Waals surface area (Å²) in [6.45, 7) is 2.12. The van der Waals surface area contributed by atoms with E-state index in [0.717, 1.165) is 5.69 Å². The first-order valence-corrected chi connectivity index (χ1v) is 4.51. The minimum absolute atomic E-state index is 0.242. The Bertz CT molecular complexity index is 293. The van der Waals surface area contributed by atoms with E-state index in [1.165, 1.54) is 0 Å². The van der Waals surface area contributed by atoms with Crippen LogP contribution in [-0.2, 0) is 0 Å². The average molecular weight is 197 g/mol. The highest BCUT2D eigenvalue weighted by molar-refractivity contribution is 5.02. The van der Waals surface area contributed by atoms with Crippen molar-refractivity contribution in [2.24, 2.45) is 5.73 Å². The van der Waals surface area contributed by atoms with Crippen LogP contribution in [0.1, 0.15) is 24.0 Å². The number of rotatable bonds is 4. The smallest absolute Gasteiger partial charge is 0.159 e. The molecule has 0 saturated heterocycles. The Balaban J connectivity index is 2.73. The molecule has 0 bridgehead atoms. The third-order valence-electron chi connectivity index (χ3n) is 1.90. The Morgan fingerprint density at radius 3 is 2.79 bits per heavy atom. The fourth-order valence-corrected chi connectivity index (χ4v) is 1.11. The number of aliphatic hydroxyl groups is 2. The molecule has 0 amide bonds. The number of aromatic nitrogens is 2. The highest BCUT2D eigenvalue weighted by Crippen LogP contribution is 2.14. The van der Waals surface area contributed by atoms with Crippen LogP contribution in [0.4, 0.5) is 0 Å². The van der Waals surface area contributed by atoms with Crippen LogP contribution in [0.3, 0.4) is 0 Å². The van der Waals surface area contributed by atoms with Crippen molar-refractivity contribution in [3.8, 4) is 0 Å². The molecular weight excluding hydrogens is 182 g/mol. The van der Waals surface area contributed by atoms with Crippen molar-refractivity contribution in [2.75, 3.05) is 6.54 Å². The molecule has 0 fully saturated rings. The standard InChI is InChI=1S/C9H15N3O2/c1-6-3-5-11-9(12-6)8(14)7(13)2-4-10/h3,5,7-8,13-14H,2,4,10H2,1H3. The summed E-state index contributed by atoms with van der Waals surface area (Å²) in [6, 6.07) is 1.73. The maximum absolute atomic E-state index is 9.61. The van der Waals surface area contributed by atoms with Crippen LogP contribution in [0.5, 0.6) is 0 Å². The van der Waals surface area contributed by atoms with Gasteiger partial charge >= 0.3 is 0 Å². The van der Waals surface area contributed by atoms with E-state index in [9.17, 15) is 10.2 Å². The molecule has 1 rings (SSSR count). The molecule has 78 valence electrons. The van der Waals surface area contributed by atoms with Crippen molar-refractivity contribution in [3.63, 3.8) is 0 Å². The Morgan fingerprint density at radius 1 is 1.50 bits per heavy atom. The van der Waals surface area contributed by atoms with E-state index in [-0.39, 0.29) is 5.82 Å². The maximum Gasteiger partial charge on any atom is 0.159 e. The Kier molecular flexibility index (Phi) is 3.94. The zero-order chi connectivity index (χ0) is 10.6. The van der Waals surface area contributed by atoms with E-state index < -0.39 is 12.2 Å². The first-order valence-electron chi connectivity index (χ1n) is 4.51. The molecule has 14 heavy (non-hydrogen) atoms. The van der Waals surface area contributed by atoms with Gasteiger partial charge in [0, 0.05) is 11.9 Å². The summed E-state index contributed by atoms with van der Waals surface area (Å²) in [5.41, 5.74) is 6.02. The second kappa shape index (κ2) is 4.99. The second-order valence-electron chi connectivity index (χ2n) is 3.15. The fourth-order valence-electron chi connectivity index (χ4n) is 1.11. The molecular formula is C9H15N3O2.